The lowest BCUT2D eigenvalue weighted by Crippen LogP contribution is -2.23. The highest BCUT2D eigenvalue weighted by molar-refractivity contribution is 7.09. The Bertz CT molecular complexity index is 617. The average Bonchev–Trinajstić information content (AvgIpc) is 2.91. The normalized spacial score (nSPS) is 11.0. The summed E-state index contributed by atoms with van der Waals surface area (Å²) >= 11 is 1.56. The first-order valence-corrected chi connectivity index (χ1v) is 7.62. The molecule has 1 aromatic heterocycles. The predicted molar refractivity (Wildman–Crippen MR) is 85.0 cm³/mol. The molecule has 0 atom stereocenters. The van der Waals surface area contributed by atoms with Gasteiger partial charge >= 0.3 is 0 Å². The van der Waals surface area contributed by atoms with E-state index in [1.807, 2.05) is 36.6 Å². The molecule has 1 amide bonds. The third-order valence-corrected chi connectivity index (χ3v) is 3.75. The molecule has 0 spiro atoms. The molecule has 0 unspecified atom stereocenters. The number of aromatic nitrogens is 1. The van der Waals surface area contributed by atoms with E-state index in [2.05, 4.69) is 10.3 Å². The van der Waals surface area contributed by atoms with Gasteiger partial charge in [-0.3, -0.25) is 4.79 Å². The number of nitrogens with one attached hydrogen (secondary N) is 1. The fourth-order valence-corrected chi connectivity index (χ4v) is 2.40. The van der Waals surface area contributed by atoms with E-state index in [0.29, 0.717) is 6.54 Å². The SMILES string of the molecule is Cc1nc(/C=C/C(=O)NCCc2ccc(CO)cc2)cs1. The van der Waals surface area contributed by atoms with Crippen LogP contribution in [-0.4, -0.2) is 22.5 Å². The van der Waals surface area contributed by atoms with Crippen LogP contribution in [0.4, 0.5) is 0 Å². The zero-order valence-corrected chi connectivity index (χ0v) is 12.7. The Balaban J connectivity index is 1.74. The number of aliphatic hydroxyl groups is 1. The quantitative estimate of drug-likeness (QED) is 0.805. The van der Waals surface area contributed by atoms with Gasteiger partial charge in [0.1, 0.15) is 0 Å². The number of thiazole rings is 1. The van der Waals surface area contributed by atoms with Crippen molar-refractivity contribution in [1.82, 2.24) is 10.3 Å². The number of nitrogens with zero attached hydrogens (tertiary/aromatic N) is 1. The van der Waals surface area contributed by atoms with Crippen LogP contribution < -0.4 is 5.32 Å². The molecule has 0 aliphatic rings. The summed E-state index contributed by atoms with van der Waals surface area (Å²) in [4.78, 5) is 15.9. The number of hydrogen-bond acceptors (Lipinski definition) is 4. The van der Waals surface area contributed by atoms with E-state index in [-0.39, 0.29) is 12.5 Å². The number of hydrogen-bond donors (Lipinski definition) is 2. The van der Waals surface area contributed by atoms with Crippen molar-refractivity contribution >= 4 is 23.3 Å². The van der Waals surface area contributed by atoms with E-state index in [0.717, 1.165) is 28.2 Å². The highest BCUT2D eigenvalue weighted by atomic mass is 32.1. The van der Waals surface area contributed by atoms with Crippen molar-refractivity contribution in [1.29, 1.82) is 0 Å². The first-order valence-electron chi connectivity index (χ1n) is 6.74. The summed E-state index contributed by atoms with van der Waals surface area (Å²) in [7, 11) is 0. The number of carbonyl (C=O) groups excluding carboxylic acids is 1. The Morgan fingerprint density at radius 3 is 2.67 bits per heavy atom. The molecule has 2 rings (SSSR count). The van der Waals surface area contributed by atoms with Gasteiger partial charge in [-0.15, -0.1) is 11.3 Å². The summed E-state index contributed by atoms with van der Waals surface area (Å²) in [6.45, 7) is 2.57. The summed E-state index contributed by atoms with van der Waals surface area (Å²) in [5.74, 6) is -0.118. The molecular weight excluding hydrogens is 284 g/mol. The molecule has 0 bridgehead atoms. The van der Waals surface area contributed by atoms with E-state index < -0.39 is 0 Å². The number of aliphatic hydroxyl groups excluding tert-OH is 1. The van der Waals surface area contributed by atoms with Gasteiger partial charge in [-0.2, -0.15) is 0 Å². The van der Waals surface area contributed by atoms with Crippen LogP contribution in [0.1, 0.15) is 21.8 Å². The number of carbonyl (C=O) groups is 1. The second-order valence-electron chi connectivity index (χ2n) is 4.64. The first kappa shape index (κ1) is 15.4. The molecule has 0 radical (unpaired) electrons. The summed E-state index contributed by atoms with van der Waals surface area (Å²) in [6, 6.07) is 7.71. The van der Waals surface area contributed by atoms with Crippen LogP contribution >= 0.6 is 11.3 Å². The van der Waals surface area contributed by atoms with Gasteiger partial charge in [0.05, 0.1) is 17.3 Å². The lowest BCUT2D eigenvalue weighted by molar-refractivity contribution is -0.116. The van der Waals surface area contributed by atoms with Crippen LogP contribution in [0, 0.1) is 6.92 Å². The standard InChI is InChI=1S/C16H18N2O2S/c1-12-18-15(11-21-12)6-7-16(20)17-9-8-13-2-4-14(10-19)5-3-13/h2-7,11,19H,8-10H2,1H3,(H,17,20)/b7-6+. The number of benzene rings is 1. The Morgan fingerprint density at radius 1 is 1.33 bits per heavy atom. The maximum Gasteiger partial charge on any atom is 0.244 e. The number of rotatable bonds is 6. The molecule has 0 saturated heterocycles. The molecule has 0 saturated carbocycles. The van der Waals surface area contributed by atoms with Crippen molar-refractivity contribution in [3.63, 3.8) is 0 Å². The zero-order chi connectivity index (χ0) is 15.1. The largest absolute Gasteiger partial charge is 0.392 e. The zero-order valence-electron chi connectivity index (χ0n) is 11.9. The lowest BCUT2D eigenvalue weighted by Gasteiger charge is -2.03. The van der Waals surface area contributed by atoms with Crippen molar-refractivity contribution < 1.29 is 9.90 Å². The average molecular weight is 302 g/mol. The fraction of sp³-hybridized carbons (Fsp3) is 0.250. The van der Waals surface area contributed by atoms with Crippen molar-refractivity contribution in [2.24, 2.45) is 0 Å². The maximum atomic E-state index is 11.7. The predicted octanol–water partition coefficient (Wildman–Crippen LogP) is 2.32. The summed E-state index contributed by atoms with van der Waals surface area (Å²) in [5.41, 5.74) is 2.84. The van der Waals surface area contributed by atoms with Gasteiger partial charge < -0.3 is 10.4 Å². The molecule has 2 aromatic rings. The van der Waals surface area contributed by atoms with E-state index in [9.17, 15) is 4.79 Å². The third-order valence-electron chi connectivity index (χ3n) is 2.96. The Morgan fingerprint density at radius 2 is 2.05 bits per heavy atom. The minimum absolute atomic E-state index is 0.0535. The fourth-order valence-electron chi connectivity index (χ4n) is 1.82. The topological polar surface area (TPSA) is 62.2 Å². The number of amides is 1. The lowest BCUT2D eigenvalue weighted by atomic mass is 10.1. The molecule has 1 aromatic carbocycles. The van der Waals surface area contributed by atoms with Crippen molar-refractivity contribution in [2.45, 2.75) is 20.0 Å². The highest BCUT2D eigenvalue weighted by Crippen LogP contribution is 2.09. The van der Waals surface area contributed by atoms with E-state index in [1.165, 1.54) is 6.08 Å². The second kappa shape index (κ2) is 7.71. The number of aryl methyl sites for hydroxylation is 1. The molecule has 4 nitrogen and oxygen atoms in total. The van der Waals surface area contributed by atoms with E-state index >= 15 is 0 Å². The molecule has 1 heterocycles. The van der Waals surface area contributed by atoms with Gasteiger partial charge in [0.2, 0.25) is 5.91 Å². The molecule has 0 fully saturated rings. The summed E-state index contributed by atoms with van der Waals surface area (Å²) in [5, 5.41) is 14.7. The highest BCUT2D eigenvalue weighted by Gasteiger charge is 1.98. The molecule has 0 aliphatic carbocycles. The van der Waals surface area contributed by atoms with Crippen LogP contribution in [0.25, 0.3) is 6.08 Å². The van der Waals surface area contributed by atoms with Crippen molar-refractivity contribution in [3.05, 3.63) is 57.6 Å². The van der Waals surface area contributed by atoms with Crippen LogP contribution in [0.2, 0.25) is 0 Å². The Kier molecular flexibility index (Phi) is 5.66. The molecule has 110 valence electrons. The van der Waals surface area contributed by atoms with Gasteiger partial charge in [-0.25, -0.2) is 4.98 Å². The molecular formula is C16H18N2O2S. The van der Waals surface area contributed by atoms with Crippen LogP contribution in [0.15, 0.2) is 35.7 Å². The van der Waals surface area contributed by atoms with Crippen molar-refractivity contribution in [3.8, 4) is 0 Å². The second-order valence-corrected chi connectivity index (χ2v) is 5.70. The van der Waals surface area contributed by atoms with Crippen LogP contribution in [0.5, 0.6) is 0 Å². The minimum atomic E-state index is -0.118. The molecule has 5 heteroatoms. The Hall–Kier alpha value is -1.98. The van der Waals surface area contributed by atoms with E-state index in [4.69, 9.17) is 5.11 Å². The van der Waals surface area contributed by atoms with Gasteiger partial charge in [0.15, 0.2) is 0 Å². The summed E-state index contributed by atoms with van der Waals surface area (Å²) < 4.78 is 0. The first-order chi connectivity index (χ1) is 10.2. The Labute approximate surface area is 128 Å². The van der Waals surface area contributed by atoms with Gasteiger partial charge in [0.25, 0.3) is 0 Å². The van der Waals surface area contributed by atoms with Crippen LogP contribution in [0.3, 0.4) is 0 Å². The van der Waals surface area contributed by atoms with Crippen LogP contribution in [-0.2, 0) is 17.8 Å². The summed E-state index contributed by atoms with van der Waals surface area (Å²) in [6.07, 6.45) is 3.99. The minimum Gasteiger partial charge on any atom is -0.392 e. The smallest absolute Gasteiger partial charge is 0.244 e. The van der Waals surface area contributed by atoms with Gasteiger partial charge in [-0.1, -0.05) is 24.3 Å². The van der Waals surface area contributed by atoms with Crippen molar-refractivity contribution in [2.75, 3.05) is 6.54 Å². The third kappa shape index (κ3) is 5.13. The monoisotopic (exact) mass is 302 g/mol. The molecule has 2 N–H and O–H groups in total. The molecule has 21 heavy (non-hydrogen) atoms. The maximum absolute atomic E-state index is 11.7. The van der Waals surface area contributed by atoms with E-state index in [1.54, 1.807) is 17.4 Å². The molecule has 0 aliphatic heterocycles. The van der Waals surface area contributed by atoms with Gasteiger partial charge in [-0.05, 0) is 30.5 Å². The van der Waals surface area contributed by atoms with Gasteiger partial charge in [0, 0.05) is 18.0 Å².